The molecule has 5 heteroatoms. The fourth-order valence-electron chi connectivity index (χ4n) is 7.79. The summed E-state index contributed by atoms with van der Waals surface area (Å²) in [7, 11) is 2.08. The topological polar surface area (TPSA) is 70.0 Å². The summed E-state index contributed by atoms with van der Waals surface area (Å²) in [6, 6.07) is 11.8. The van der Waals surface area contributed by atoms with Crippen LogP contribution in [-0.2, 0) is 29.5 Å². The van der Waals surface area contributed by atoms with Crippen LogP contribution in [-0.4, -0.2) is 52.2 Å². The van der Waals surface area contributed by atoms with E-state index < -0.39 is 22.5 Å². The van der Waals surface area contributed by atoms with E-state index in [1.165, 1.54) is 11.1 Å². The van der Waals surface area contributed by atoms with Crippen molar-refractivity contribution in [2.24, 2.45) is 5.41 Å². The molecule has 154 valence electrons. The second-order valence-electron chi connectivity index (χ2n) is 10.2. The quantitative estimate of drug-likeness (QED) is 0.705. The number of Topliss-reactive ketones (excluding diaryl/α,β-unsaturated/α-hetero) is 1. The molecule has 2 bridgehead atoms. The number of carbonyl (C=O) groups is 1. The highest BCUT2D eigenvalue weighted by Gasteiger charge is 2.77. The van der Waals surface area contributed by atoms with Gasteiger partial charge in [-0.05, 0) is 68.5 Å². The van der Waals surface area contributed by atoms with E-state index in [1.807, 2.05) is 18.2 Å². The molecule has 5 aliphatic rings. The van der Waals surface area contributed by atoms with Crippen LogP contribution in [0.1, 0.15) is 35.1 Å². The van der Waals surface area contributed by atoms with Crippen LogP contribution in [0.2, 0.25) is 0 Å². The van der Waals surface area contributed by atoms with E-state index in [9.17, 15) is 15.0 Å². The number of benzene rings is 2. The molecule has 30 heavy (non-hydrogen) atoms. The Morgan fingerprint density at radius 1 is 1.10 bits per heavy atom. The first-order chi connectivity index (χ1) is 14.4. The van der Waals surface area contributed by atoms with Crippen LogP contribution in [0.25, 0.3) is 0 Å². The van der Waals surface area contributed by atoms with E-state index in [4.69, 9.17) is 4.74 Å². The van der Waals surface area contributed by atoms with Crippen molar-refractivity contribution in [3.8, 4) is 11.5 Å². The molecule has 2 N–H and O–H groups in total. The molecule has 0 amide bonds. The van der Waals surface area contributed by atoms with Gasteiger partial charge in [-0.25, -0.2) is 0 Å². The van der Waals surface area contributed by atoms with E-state index in [2.05, 4.69) is 24.1 Å². The zero-order valence-corrected chi connectivity index (χ0v) is 17.0. The number of aliphatic hydroxyl groups is 1. The van der Waals surface area contributed by atoms with Gasteiger partial charge in [-0.1, -0.05) is 30.3 Å². The largest absolute Gasteiger partial charge is 0.504 e. The first-order valence-electron chi connectivity index (χ1n) is 11.0. The number of ketones is 1. The van der Waals surface area contributed by atoms with Crippen molar-refractivity contribution in [1.29, 1.82) is 0 Å². The molecule has 1 unspecified atom stereocenters. The fourth-order valence-corrected chi connectivity index (χ4v) is 7.79. The Balaban J connectivity index is 1.48. The van der Waals surface area contributed by atoms with Crippen LogP contribution in [0.3, 0.4) is 0 Å². The molecule has 2 heterocycles. The van der Waals surface area contributed by atoms with Crippen molar-refractivity contribution in [3.63, 3.8) is 0 Å². The molecule has 2 aromatic rings. The van der Waals surface area contributed by atoms with E-state index in [1.54, 1.807) is 6.07 Å². The number of hydrogen-bond acceptors (Lipinski definition) is 5. The first-order valence-corrected chi connectivity index (χ1v) is 11.0. The van der Waals surface area contributed by atoms with Gasteiger partial charge in [0.2, 0.25) is 0 Å². The van der Waals surface area contributed by atoms with Gasteiger partial charge in [0.25, 0.3) is 0 Å². The lowest BCUT2D eigenvalue weighted by atomic mass is 9.44. The SMILES string of the molecule is CN1CC[C@]23c4c5ccc(O)c4O[C@H]2C(=O)C2(Cc4ccccc4C2)C[C@@]3(O)C1C5. The fraction of sp³-hybridized carbons (Fsp3) is 0.480. The predicted molar refractivity (Wildman–Crippen MR) is 110 cm³/mol. The van der Waals surface area contributed by atoms with Gasteiger partial charge < -0.3 is 19.8 Å². The molecule has 0 aromatic heterocycles. The summed E-state index contributed by atoms with van der Waals surface area (Å²) in [5.41, 5.74) is 1.95. The second-order valence-corrected chi connectivity index (χ2v) is 10.2. The number of nitrogens with zero attached hydrogens (tertiary/aromatic N) is 1. The summed E-state index contributed by atoms with van der Waals surface area (Å²) in [6.45, 7) is 0.807. The molecular formula is C25H25NO4. The molecule has 2 aliphatic heterocycles. The maximum absolute atomic E-state index is 14.1. The Morgan fingerprint density at radius 3 is 2.57 bits per heavy atom. The summed E-state index contributed by atoms with van der Waals surface area (Å²) >= 11 is 0. The van der Waals surface area contributed by atoms with Crippen molar-refractivity contribution >= 4 is 5.78 Å². The smallest absolute Gasteiger partial charge is 0.181 e. The zero-order valence-electron chi connectivity index (χ0n) is 17.0. The van der Waals surface area contributed by atoms with Gasteiger partial charge in [-0.3, -0.25) is 4.79 Å². The van der Waals surface area contributed by atoms with E-state index >= 15 is 0 Å². The molecular weight excluding hydrogens is 378 g/mol. The standard InChI is InChI=1S/C25H25NO4/c1-26-9-8-24-19-14-6-7-17(27)20(19)30-22(24)21(28)23(13-25(24,29)18(26)10-14)11-15-4-2-3-5-16(15)12-23/h2-7,18,22,27,29H,8-13H2,1H3/t18?,22-,24-,25+/m0/s1. The van der Waals surface area contributed by atoms with E-state index in [0.29, 0.717) is 37.9 Å². The molecule has 3 aliphatic carbocycles. The summed E-state index contributed by atoms with van der Waals surface area (Å²) in [6.07, 6.45) is 2.42. The highest BCUT2D eigenvalue weighted by molar-refractivity contribution is 5.96. The van der Waals surface area contributed by atoms with Gasteiger partial charge in [0.05, 0.1) is 11.0 Å². The Hall–Kier alpha value is -2.37. The normalized spacial score (nSPS) is 37.1. The molecule has 5 nitrogen and oxygen atoms in total. The molecule has 2 spiro atoms. The monoisotopic (exact) mass is 403 g/mol. The highest BCUT2D eigenvalue weighted by atomic mass is 16.5. The van der Waals surface area contributed by atoms with Crippen LogP contribution >= 0.6 is 0 Å². The summed E-state index contributed by atoms with van der Waals surface area (Å²) in [5, 5.41) is 23.1. The average molecular weight is 403 g/mol. The Labute approximate surface area is 175 Å². The lowest BCUT2D eigenvalue weighted by Gasteiger charge is -2.64. The van der Waals surface area contributed by atoms with E-state index in [-0.39, 0.29) is 17.6 Å². The third-order valence-electron chi connectivity index (χ3n) is 9.03. The van der Waals surface area contributed by atoms with Crippen LogP contribution in [0.4, 0.5) is 0 Å². The van der Waals surface area contributed by atoms with Gasteiger partial charge in [0.15, 0.2) is 23.4 Å². The first kappa shape index (κ1) is 17.3. The number of carbonyl (C=O) groups excluding carboxylic acids is 1. The Morgan fingerprint density at radius 2 is 1.83 bits per heavy atom. The van der Waals surface area contributed by atoms with Gasteiger partial charge >= 0.3 is 0 Å². The highest BCUT2D eigenvalue weighted by Crippen LogP contribution is 2.68. The number of ether oxygens (including phenoxy) is 1. The summed E-state index contributed by atoms with van der Waals surface area (Å²) < 4.78 is 6.33. The van der Waals surface area contributed by atoms with Crippen molar-refractivity contribution in [1.82, 2.24) is 4.90 Å². The zero-order chi connectivity index (χ0) is 20.5. The minimum absolute atomic E-state index is 0.0611. The lowest BCUT2D eigenvalue weighted by Crippen LogP contribution is -2.79. The van der Waals surface area contributed by atoms with Crippen LogP contribution in [0.5, 0.6) is 11.5 Å². The number of piperidine rings is 1. The van der Waals surface area contributed by atoms with Crippen LogP contribution < -0.4 is 4.74 Å². The molecule has 2 fully saturated rings. The molecule has 0 radical (unpaired) electrons. The number of rotatable bonds is 0. The third-order valence-corrected chi connectivity index (χ3v) is 9.03. The minimum atomic E-state index is -1.06. The number of phenolic OH excluding ortho intramolecular Hbond substituents is 1. The van der Waals surface area contributed by atoms with Gasteiger partial charge in [-0.15, -0.1) is 0 Å². The minimum Gasteiger partial charge on any atom is -0.504 e. The van der Waals surface area contributed by atoms with Crippen molar-refractivity contribution in [2.75, 3.05) is 13.6 Å². The number of phenols is 1. The predicted octanol–water partition coefficient (Wildman–Crippen LogP) is 2.14. The maximum atomic E-state index is 14.1. The van der Waals surface area contributed by atoms with Gasteiger partial charge in [0, 0.05) is 17.0 Å². The Kier molecular flexibility index (Phi) is 2.94. The van der Waals surface area contributed by atoms with E-state index in [0.717, 1.165) is 17.7 Å². The van der Waals surface area contributed by atoms with Crippen LogP contribution in [0.15, 0.2) is 36.4 Å². The van der Waals surface area contributed by atoms with Crippen molar-refractivity contribution in [2.45, 2.75) is 55.3 Å². The van der Waals surface area contributed by atoms with Crippen molar-refractivity contribution < 1.29 is 19.7 Å². The van der Waals surface area contributed by atoms with Crippen LogP contribution in [0, 0.1) is 5.41 Å². The third kappa shape index (κ3) is 1.67. The molecule has 7 rings (SSSR count). The molecule has 2 aromatic carbocycles. The number of aromatic hydroxyl groups is 1. The maximum Gasteiger partial charge on any atom is 0.181 e. The Bertz CT molecular complexity index is 1120. The molecule has 4 atom stereocenters. The molecule has 1 saturated carbocycles. The lowest BCUT2D eigenvalue weighted by molar-refractivity contribution is -0.206. The average Bonchev–Trinajstić information content (AvgIpc) is 3.26. The summed E-state index contributed by atoms with van der Waals surface area (Å²) in [4.78, 5) is 16.4. The number of fused-ring (bicyclic) bond motifs is 1. The van der Waals surface area contributed by atoms with Gasteiger partial charge in [-0.2, -0.15) is 0 Å². The summed E-state index contributed by atoms with van der Waals surface area (Å²) in [5.74, 6) is 0.615. The van der Waals surface area contributed by atoms with Crippen molar-refractivity contribution in [3.05, 3.63) is 58.7 Å². The number of likely N-dealkylation sites (N-methyl/N-ethyl adjacent to an activating group) is 1. The molecule has 1 saturated heterocycles. The van der Waals surface area contributed by atoms with Gasteiger partial charge in [0.1, 0.15) is 0 Å². The number of likely N-dealkylation sites (tertiary alicyclic amines) is 1. The number of hydrogen-bond donors (Lipinski definition) is 2. The second kappa shape index (κ2) is 5.09.